The van der Waals surface area contributed by atoms with E-state index in [1.807, 2.05) is 19.1 Å². The molecule has 4 nitrogen and oxygen atoms in total. The Balaban J connectivity index is 1.94. The molecule has 2 rings (SSSR count). The Morgan fingerprint density at radius 1 is 1.37 bits per heavy atom. The number of aliphatic hydroxyl groups excluding tert-OH is 1. The van der Waals surface area contributed by atoms with Crippen molar-refractivity contribution in [3.63, 3.8) is 0 Å². The molecule has 1 aromatic rings. The van der Waals surface area contributed by atoms with E-state index in [0.717, 1.165) is 38.3 Å². The van der Waals surface area contributed by atoms with Crippen molar-refractivity contribution >= 4 is 0 Å². The summed E-state index contributed by atoms with van der Waals surface area (Å²) in [5, 5.41) is 12.5. The van der Waals surface area contributed by atoms with Crippen LogP contribution in [0.1, 0.15) is 18.9 Å². The maximum absolute atomic E-state index is 9.13. The van der Waals surface area contributed by atoms with E-state index in [1.165, 1.54) is 5.56 Å². The molecular weight excluding hydrogens is 240 g/mol. The number of aliphatic hydroxyl groups is 1. The molecule has 0 spiro atoms. The third-order valence-corrected chi connectivity index (χ3v) is 3.55. The maximum atomic E-state index is 9.13. The minimum absolute atomic E-state index is 0.256. The predicted octanol–water partition coefficient (Wildman–Crippen LogP) is 1.24. The summed E-state index contributed by atoms with van der Waals surface area (Å²) >= 11 is 0. The molecule has 1 aromatic carbocycles. The van der Waals surface area contributed by atoms with Crippen molar-refractivity contribution in [2.24, 2.45) is 0 Å². The third kappa shape index (κ3) is 4.20. The lowest BCUT2D eigenvalue weighted by atomic mass is 10.1. The molecule has 106 valence electrons. The molecule has 1 heterocycles. The molecule has 1 fully saturated rings. The Bertz CT molecular complexity index is 365. The lowest BCUT2D eigenvalue weighted by molar-refractivity contribution is 0.123. The predicted molar refractivity (Wildman–Crippen MR) is 76.4 cm³/mol. The smallest absolute Gasteiger partial charge is 0.119 e. The van der Waals surface area contributed by atoms with Crippen molar-refractivity contribution in [3.8, 4) is 5.75 Å². The number of hydrogen-bond acceptors (Lipinski definition) is 4. The standard InChI is InChI=1S/C15H24N2O2/c1-2-19-15-5-3-13(4-6-15)12-17-9-8-16-11-14(17)7-10-18/h3-6,14,16,18H,2,7-12H2,1H3. The zero-order valence-electron chi connectivity index (χ0n) is 11.6. The van der Waals surface area contributed by atoms with Gasteiger partial charge in [-0.2, -0.15) is 0 Å². The normalized spacial score (nSPS) is 20.4. The van der Waals surface area contributed by atoms with E-state index in [1.54, 1.807) is 0 Å². The number of benzene rings is 1. The van der Waals surface area contributed by atoms with E-state index in [2.05, 4.69) is 22.3 Å². The number of ether oxygens (including phenoxy) is 1. The molecule has 2 N–H and O–H groups in total. The van der Waals surface area contributed by atoms with Crippen molar-refractivity contribution in [2.45, 2.75) is 25.9 Å². The average molecular weight is 264 g/mol. The van der Waals surface area contributed by atoms with Crippen LogP contribution in [0.15, 0.2) is 24.3 Å². The molecule has 4 heteroatoms. The number of nitrogens with zero attached hydrogens (tertiary/aromatic N) is 1. The van der Waals surface area contributed by atoms with Gasteiger partial charge in [-0.25, -0.2) is 0 Å². The monoisotopic (exact) mass is 264 g/mol. The van der Waals surface area contributed by atoms with Gasteiger partial charge in [0.15, 0.2) is 0 Å². The van der Waals surface area contributed by atoms with Gasteiger partial charge in [0.25, 0.3) is 0 Å². The second-order valence-corrected chi connectivity index (χ2v) is 4.92. The highest BCUT2D eigenvalue weighted by Gasteiger charge is 2.21. The van der Waals surface area contributed by atoms with Crippen LogP contribution in [0, 0.1) is 0 Å². The fourth-order valence-electron chi connectivity index (χ4n) is 2.54. The first-order valence-corrected chi connectivity index (χ1v) is 7.11. The van der Waals surface area contributed by atoms with Crippen LogP contribution in [0.2, 0.25) is 0 Å². The van der Waals surface area contributed by atoms with Crippen LogP contribution in [0.25, 0.3) is 0 Å². The molecule has 1 aliphatic heterocycles. The molecular formula is C15H24N2O2. The highest BCUT2D eigenvalue weighted by atomic mass is 16.5. The maximum Gasteiger partial charge on any atom is 0.119 e. The fourth-order valence-corrected chi connectivity index (χ4v) is 2.54. The highest BCUT2D eigenvalue weighted by molar-refractivity contribution is 5.27. The molecule has 1 unspecified atom stereocenters. The zero-order valence-corrected chi connectivity index (χ0v) is 11.6. The Morgan fingerprint density at radius 3 is 2.84 bits per heavy atom. The van der Waals surface area contributed by atoms with Gasteiger partial charge >= 0.3 is 0 Å². The Labute approximate surface area is 115 Å². The second kappa shape index (κ2) is 7.48. The van der Waals surface area contributed by atoms with Crippen LogP contribution in [-0.2, 0) is 6.54 Å². The van der Waals surface area contributed by atoms with Gasteiger partial charge < -0.3 is 15.2 Å². The van der Waals surface area contributed by atoms with E-state index in [4.69, 9.17) is 9.84 Å². The lowest BCUT2D eigenvalue weighted by Gasteiger charge is -2.36. The van der Waals surface area contributed by atoms with E-state index < -0.39 is 0 Å². The Kier molecular flexibility index (Phi) is 5.63. The number of rotatable bonds is 6. The minimum Gasteiger partial charge on any atom is -0.494 e. The van der Waals surface area contributed by atoms with Gasteiger partial charge in [-0.05, 0) is 31.0 Å². The van der Waals surface area contributed by atoms with Gasteiger partial charge in [-0.15, -0.1) is 0 Å². The van der Waals surface area contributed by atoms with Crippen molar-refractivity contribution in [3.05, 3.63) is 29.8 Å². The Morgan fingerprint density at radius 2 is 2.16 bits per heavy atom. The van der Waals surface area contributed by atoms with Crippen LogP contribution in [-0.4, -0.2) is 48.9 Å². The van der Waals surface area contributed by atoms with E-state index in [0.29, 0.717) is 12.6 Å². The molecule has 1 aliphatic rings. The topological polar surface area (TPSA) is 44.7 Å². The summed E-state index contributed by atoms with van der Waals surface area (Å²) in [5.41, 5.74) is 1.30. The van der Waals surface area contributed by atoms with Crippen LogP contribution in [0.3, 0.4) is 0 Å². The van der Waals surface area contributed by atoms with Crippen molar-refractivity contribution in [1.82, 2.24) is 10.2 Å². The van der Waals surface area contributed by atoms with Crippen LogP contribution in [0.4, 0.5) is 0 Å². The molecule has 0 aliphatic carbocycles. The summed E-state index contributed by atoms with van der Waals surface area (Å²) in [6, 6.07) is 8.75. The largest absolute Gasteiger partial charge is 0.494 e. The summed E-state index contributed by atoms with van der Waals surface area (Å²) in [7, 11) is 0. The van der Waals surface area contributed by atoms with Crippen molar-refractivity contribution in [2.75, 3.05) is 32.8 Å². The van der Waals surface area contributed by atoms with E-state index in [-0.39, 0.29) is 6.61 Å². The first-order chi connectivity index (χ1) is 9.33. The molecule has 0 aromatic heterocycles. The van der Waals surface area contributed by atoms with Gasteiger partial charge in [-0.1, -0.05) is 12.1 Å². The van der Waals surface area contributed by atoms with E-state index >= 15 is 0 Å². The zero-order chi connectivity index (χ0) is 13.5. The molecule has 0 bridgehead atoms. The first kappa shape index (κ1) is 14.3. The molecule has 1 atom stereocenters. The van der Waals surface area contributed by atoms with Gasteiger partial charge in [0, 0.05) is 38.8 Å². The van der Waals surface area contributed by atoms with Gasteiger partial charge in [0.05, 0.1) is 6.61 Å². The highest BCUT2D eigenvalue weighted by Crippen LogP contribution is 2.16. The molecule has 1 saturated heterocycles. The van der Waals surface area contributed by atoms with Gasteiger partial charge in [0.1, 0.15) is 5.75 Å². The molecule has 0 saturated carbocycles. The quantitative estimate of drug-likeness (QED) is 0.811. The van der Waals surface area contributed by atoms with Crippen molar-refractivity contribution < 1.29 is 9.84 Å². The minimum atomic E-state index is 0.256. The van der Waals surface area contributed by atoms with Crippen LogP contribution >= 0.6 is 0 Å². The number of hydrogen-bond donors (Lipinski definition) is 2. The summed E-state index contributed by atoms with van der Waals surface area (Å²) in [6.45, 7) is 6.93. The summed E-state index contributed by atoms with van der Waals surface area (Å²) < 4.78 is 5.45. The van der Waals surface area contributed by atoms with Gasteiger partial charge in [0.2, 0.25) is 0 Å². The van der Waals surface area contributed by atoms with E-state index in [9.17, 15) is 0 Å². The molecule has 0 amide bonds. The van der Waals surface area contributed by atoms with Crippen molar-refractivity contribution in [1.29, 1.82) is 0 Å². The number of piperazine rings is 1. The average Bonchev–Trinajstić information content (AvgIpc) is 2.44. The fraction of sp³-hybridized carbons (Fsp3) is 0.600. The molecule has 0 radical (unpaired) electrons. The number of nitrogens with one attached hydrogen (secondary N) is 1. The lowest BCUT2D eigenvalue weighted by Crippen LogP contribution is -2.51. The summed E-state index contributed by atoms with van der Waals surface area (Å²) in [6.07, 6.45) is 0.837. The SMILES string of the molecule is CCOc1ccc(CN2CCNCC2CCO)cc1. The third-order valence-electron chi connectivity index (χ3n) is 3.55. The van der Waals surface area contributed by atoms with Gasteiger partial charge in [-0.3, -0.25) is 4.90 Å². The summed E-state index contributed by atoms with van der Waals surface area (Å²) in [5.74, 6) is 0.929. The molecule has 19 heavy (non-hydrogen) atoms. The Hall–Kier alpha value is -1.10. The second-order valence-electron chi connectivity index (χ2n) is 4.92. The first-order valence-electron chi connectivity index (χ1n) is 7.11. The van der Waals surface area contributed by atoms with Crippen LogP contribution in [0.5, 0.6) is 5.75 Å². The van der Waals surface area contributed by atoms with Crippen LogP contribution < -0.4 is 10.1 Å². The summed E-state index contributed by atoms with van der Waals surface area (Å²) in [4.78, 5) is 2.45.